The Labute approximate surface area is 212 Å². The van der Waals surface area contributed by atoms with Crippen LogP contribution in [0, 0.1) is 17.6 Å². The quantitative estimate of drug-likeness (QED) is 0.447. The van der Waals surface area contributed by atoms with Gasteiger partial charge in [-0.2, -0.15) is 26.3 Å². The van der Waals surface area contributed by atoms with E-state index in [1.807, 2.05) is 0 Å². The Morgan fingerprint density at radius 2 is 1.68 bits per heavy atom. The van der Waals surface area contributed by atoms with E-state index in [0.717, 1.165) is 12.3 Å². The van der Waals surface area contributed by atoms with Crippen LogP contribution in [0.1, 0.15) is 72.2 Å². The van der Waals surface area contributed by atoms with Crippen LogP contribution < -0.4 is 5.32 Å². The highest BCUT2D eigenvalue weighted by molar-refractivity contribution is 5.98. The molecule has 1 saturated carbocycles. The van der Waals surface area contributed by atoms with Crippen molar-refractivity contribution < 1.29 is 44.7 Å². The smallest absolute Gasteiger partial charge is 0.347 e. The van der Waals surface area contributed by atoms with E-state index in [0.29, 0.717) is 37.8 Å². The van der Waals surface area contributed by atoms with Gasteiger partial charge in [0.1, 0.15) is 23.4 Å². The van der Waals surface area contributed by atoms with E-state index in [2.05, 4.69) is 10.3 Å². The van der Waals surface area contributed by atoms with Crippen molar-refractivity contribution in [1.29, 1.82) is 0 Å². The molecule has 2 amide bonds. The highest BCUT2D eigenvalue weighted by Crippen LogP contribution is 2.44. The molecule has 1 aromatic carbocycles. The van der Waals surface area contributed by atoms with Crippen molar-refractivity contribution in [3.8, 4) is 0 Å². The summed E-state index contributed by atoms with van der Waals surface area (Å²) in [4.78, 5) is 31.0. The summed E-state index contributed by atoms with van der Waals surface area (Å²) in [5.74, 6) is -4.95. The zero-order valence-electron chi connectivity index (χ0n) is 20.0. The number of hydrogen-bond acceptors (Lipinski definition) is 3. The Morgan fingerprint density at radius 3 is 2.26 bits per heavy atom. The fraction of sp³-hybridized carbons (Fsp3) is 0.480. The molecule has 3 atom stereocenters. The molecule has 1 unspecified atom stereocenters. The zero-order valence-corrected chi connectivity index (χ0v) is 20.0. The first-order chi connectivity index (χ1) is 17.7. The number of pyridine rings is 1. The van der Waals surface area contributed by atoms with E-state index in [-0.39, 0.29) is 24.0 Å². The van der Waals surface area contributed by atoms with Gasteiger partial charge in [-0.05, 0) is 62.3 Å². The van der Waals surface area contributed by atoms with Crippen molar-refractivity contribution in [3.63, 3.8) is 0 Å². The van der Waals surface area contributed by atoms with Gasteiger partial charge in [0.05, 0.1) is 11.6 Å². The van der Waals surface area contributed by atoms with Gasteiger partial charge in [-0.25, -0.2) is 8.78 Å². The second kappa shape index (κ2) is 10.1. The molecule has 1 N–H and O–H groups in total. The van der Waals surface area contributed by atoms with Crippen LogP contribution in [0.3, 0.4) is 0 Å². The molecule has 0 bridgehead atoms. The van der Waals surface area contributed by atoms with Crippen LogP contribution in [-0.2, 0) is 17.1 Å². The molecule has 2 heterocycles. The summed E-state index contributed by atoms with van der Waals surface area (Å²) < 4.78 is 107. The number of amides is 2. The molecule has 2 aromatic rings. The molecule has 4 rings (SSSR count). The van der Waals surface area contributed by atoms with Crippen LogP contribution in [0.15, 0.2) is 30.5 Å². The summed E-state index contributed by atoms with van der Waals surface area (Å²) in [7, 11) is 0. The normalized spacial score (nSPS) is 20.9. The molecule has 206 valence electrons. The van der Waals surface area contributed by atoms with Crippen molar-refractivity contribution in [1.82, 2.24) is 15.2 Å². The van der Waals surface area contributed by atoms with E-state index in [1.165, 1.54) is 4.90 Å². The van der Waals surface area contributed by atoms with Gasteiger partial charge in [0.25, 0.3) is 5.91 Å². The number of nitrogens with zero attached hydrogens (tertiary/aromatic N) is 2. The minimum atomic E-state index is -5.11. The van der Waals surface area contributed by atoms with Gasteiger partial charge in [0.2, 0.25) is 5.91 Å². The number of nitrogens with one attached hydrogen (secondary N) is 1. The Hall–Kier alpha value is -3.25. The predicted octanol–water partition coefficient (Wildman–Crippen LogP) is 6.05. The molecule has 0 radical (unpaired) electrons. The molecular weight excluding hydrogens is 526 g/mol. The summed E-state index contributed by atoms with van der Waals surface area (Å²) in [6.07, 6.45) is -7.11. The number of carbonyl (C=O) groups is 2. The monoisotopic (exact) mass is 549 g/mol. The van der Waals surface area contributed by atoms with Crippen LogP contribution in [-0.4, -0.2) is 33.8 Å². The van der Waals surface area contributed by atoms with Crippen molar-refractivity contribution in [2.75, 3.05) is 0 Å². The van der Waals surface area contributed by atoms with Gasteiger partial charge in [0.15, 0.2) is 0 Å². The van der Waals surface area contributed by atoms with E-state index in [4.69, 9.17) is 0 Å². The molecular formula is C25H23F8N3O2. The van der Waals surface area contributed by atoms with E-state index in [9.17, 15) is 44.7 Å². The second-order valence-corrected chi connectivity index (χ2v) is 9.47. The maximum Gasteiger partial charge on any atom is 0.433 e. The van der Waals surface area contributed by atoms with Crippen LogP contribution in [0.5, 0.6) is 0 Å². The van der Waals surface area contributed by atoms with Crippen molar-refractivity contribution in [2.45, 2.75) is 69.5 Å². The first kappa shape index (κ1) is 27.8. The lowest BCUT2D eigenvalue weighted by molar-refractivity contribution is -0.141. The summed E-state index contributed by atoms with van der Waals surface area (Å²) in [6.45, 7) is 1.74. The largest absolute Gasteiger partial charge is 0.433 e. The molecule has 2 aliphatic rings. The van der Waals surface area contributed by atoms with Crippen molar-refractivity contribution in [3.05, 3.63) is 64.5 Å². The van der Waals surface area contributed by atoms with Gasteiger partial charge >= 0.3 is 12.4 Å². The van der Waals surface area contributed by atoms with Gasteiger partial charge < -0.3 is 10.2 Å². The maximum atomic E-state index is 14.7. The lowest BCUT2D eigenvalue weighted by Crippen LogP contribution is -2.49. The average Bonchev–Trinajstić information content (AvgIpc) is 3.59. The fourth-order valence-corrected chi connectivity index (χ4v) is 4.86. The Bertz CT molecular complexity index is 1230. The zero-order chi connectivity index (χ0) is 28.0. The lowest BCUT2D eigenvalue weighted by atomic mass is 9.98. The third-order valence-corrected chi connectivity index (χ3v) is 6.93. The summed E-state index contributed by atoms with van der Waals surface area (Å²) in [5, 5.41) is 2.57. The van der Waals surface area contributed by atoms with Gasteiger partial charge in [-0.15, -0.1) is 0 Å². The molecule has 1 aliphatic carbocycles. The highest BCUT2D eigenvalue weighted by Gasteiger charge is 2.44. The minimum absolute atomic E-state index is 0.0480. The Kier molecular flexibility index (Phi) is 7.41. The molecule has 38 heavy (non-hydrogen) atoms. The Morgan fingerprint density at radius 1 is 1.00 bits per heavy atom. The van der Waals surface area contributed by atoms with Crippen LogP contribution in [0.25, 0.3) is 0 Å². The number of alkyl halides is 6. The minimum Gasteiger partial charge on any atom is -0.347 e. The SMILES string of the molecule is CC[C@@H]1CC[C@H](C(=O)NC(c2cc(F)c(C(F)(F)F)cc2F)C2CC2)N1C(=O)c1ccnc(C(F)(F)F)c1. The second-order valence-electron chi connectivity index (χ2n) is 9.47. The third-order valence-electron chi connectivity index (χ3n) is 6.93. The van der Waals surface area contributed by atoms with Gasteiger partial charge in [-0.3, -0.25) is 14.6 Å². The van der Waals surface area contributed by atoms with E-state index in [1.54, 1.807) is 6.92 Å². The highest BCUT2D eigenvalue weighted by atomic mass is 19.4. The lowest BCUT2D eigenvalue weighted by Gasteiger charge is -2.31. The number of carbonyl (C=O) groups excluding carboxylic acids is 2. The fourth-order valence-electron chi connectivity index (χ4n) is 4.86. The number of benzene rings is 1. The first-order valence-electron chi connectivity index (χ1n) is 11.9. The van der Waals surface area contributed by atoms with Crippen molar-refractivity contribution in [2.24, 2.45) is 5.92 Å². The maximum absolute atomic E-state index is 14.7. The molecule has 1 aromatic heterocycles. The summed E-state index contributed by atoms with van der Waals surface area (Å²) in [6, 6.07) is -0.579. The third kappa shape index (κ3) is 5.60. The van der Waals surface area contributed by atoms with E-state index >= 15 is 0 Å². The van der Waals surface area contributed by atoms with Gasteiger partial charge in [0, 0.05) is 23.4 Å². The topological polar surface area (TPSA) is 62.3 Å². The standard InChI is InChI=1S/C25H23F8N3O2/c1-2-14-5-6-19(36(14)23(38)13-7-8-34-20(9-13)25(31,32)33)22(37)35-21(12-3-4-12)15-10-18(27)16(11-17(15)26)24(28,29)30/h7-12,14,19,21H,2-6H2,1H3,(H,35,37)/t14-,19-,21?/m1/s1. The summed E-state index contributed by atoms with van der Waals surface area (Å²) in [5.41, 5.74) is -3.81. The number of rotatable bonds is 6. The molecule has 1 saturated heterocycles. The molecule has 13 heteroatoms. The molecule has 2 fully saturated rings. The molecule has 0 spiro atoms. The van der Waals surface area contributed by atoms with E-state index < -0.39 is 70.7 Å². The first-order valence-corrected chi connectivity index (χ1v) is 11.9. The number of hydrogen-bond donors (Lipinski definition) is 1. The number of aromatic nitrogens is 1. The van der Waals surface area contributed by atoms with Crippen LogP contribution >= 0.6 is 0 Å². The van der Waals surface area contributed by atoms with Gasteiger partial charge in [-0.1, -0.05) is 6.92 Å². The molecule has 1 aliphatic heterocycles. The predicted molar refractivity (Wildman–Crippen MR) is 117 cm³/mol. The average molecular weight is 549 g/mol. The van der Waals surface area contributed by atoms with Crippen LogP contribution in [0.4, 0.5) is 35.1 Å². The summed E-state index contributed by atoms with van der Waals surface area (Å²) >= 11 is 0. The molecule has 5 nitrogen and oxygen atoms in total. The number of likely N-dealkylation sites (tertiary alicyclic amines) is 1. The number of halogens is 8. The Balaban J connectivity index is 1.61. The van der Waals surface area contributed by atoms with Crippen molar-refractivity contribution >= 4 is 11.8 Å². The van der Waals surface area contributed by atoms with Crippen LogP contribution in [0.2, 0.25) is 0 Å².